The first kappa shape index (κ1) is 26.1. The summed E-state index contributed by atoms with van der Waals surface area (Å²) in [7, 11) is 1.84. The average molecular weight is 512 g/mol. The van der Waals surface area contributed by atoms with E-state index in [-0.39, 0.29) is 18.2 Å². The largest absolute Gasteiger partial charge is 0.492 e. The van der Waals surface area contributed by atoms with Crippen LogP contribution < -0.4 is 19.7 Å². The Kier molecular flexibility index (Phi) is 8.68. The maximum atomic E-state index is 13.2. The topological polar surface area (TPSA) is 119 Å². The maximum Gasteiger partial charge on any atom is 0.333 e. The number of aliphatic carboxylic acids is 1. The molecule has 2 N–H and O–H groups in total. The van der Waals surface area contributed by atoms with Crippen LogP contribution in [0.25, 0.3) is 0 Å². The molecule has 0 amide bonds. The summed E-state index contributed by atoms with van der Waals surface area (Å²) >= 11 is 0. The predicted octanol–water partition coefficient (Wildman–Crippen LogP) is 3.92. The summed E-state index contributed by atoms with van der Waals surface area (Å²) in [6.45, 7) is 2.95. The highest BCUT2D eigenvalue weighted by Crippen LogP contribution is 2.26. The summed E-state index contributed by atoms with van der Waals surface area (Å²) in [5, 5.41) is 12.5. The van der Waals surface area contributed by atoms with E-state index < -0.39 is 12.1 Å². The van der Waals surface area contributed by atoms with Gasteiger partial charge >= 0.3 is 12.0 Å². The van der Waals surface area contributed by atoms with Gasteiger partial charge in [-0.05, 0) is 61.7 Å². The van der Waals surface area contributed by atoms with Crippen molar-refractivity contribution in [3.8, 4) is 17.5 Å². The fourth-order valence-corrected chi connectivity index (χ4v) is 3.40. The number of likely N-dealkylation sites (N-methyl/N-ethyl adjacent to an activating group) is 1. The summed E-state index contributed by atoms with van der Waals surface area (Å²) in [6.07, 6.45) is 1.52. The Bertz CT molecular complexity index is 1170. The minimum absolute atomic E-state index is 0.106. The summed E-state index contributed by atoms with van der Waals surface area (Å²) in [6, 6.07) is 13.3. The molecule has 10 nitrogen and oxygen atoms in total. The van der Waals surface area contributed by atoms with Crippen LogP contribution in [0.2, 0.25) is 0 Å². The van der Waals surface area contributed by atoms with Crippen LogP contribution in [0.1, 0.15) is 25.3 Å². The number of ether oxygens (including phenoxy) is 3. The van der Waals surface area contributed by atoms with Gasteiger partial charge in [-0.2, -0.15) is 15.0 Å². The molecule has 0 radical (unpaired) electrons. The molecule has 1 heterocycles. The van der Waals surface area contributed by atoms with Crippen molar-refractivity contribution < 1.29 is 28.5 Å². The van der Waals surface area contributed by atoms with Crippen molar-refractivity contribution in [2.75, 3.05) is 37.0 Å². The SMILES string of the molecule is CCO[C@@H](Cc1ccc(OCCN(C)c2nc(NC3CC3)nc(Oc3ccc(F)cc3)n2)cc1)C(=O)O. The number of carbonyl (C=O) groups is 1. The van der Waals surface area contributed by atoms with Crippen molar-refractivity contribution >= 4 is 17.9 Å². The third kappa shape index (κ3) is 8.01. The van der Waals surface area contributed by atoms with Gasteiger partial charge in [0.15, 0.2) is 6.10 Å². The van der Waals surface area contributed by atoms with Crippen LogP contribution in [0.4, 0.5) is 16.3 Å². The first-order valence-electron chi connectivity index (χ1n) is 12.1. The molecule has 11 heteroatoms. The number of anilines is 2. The first-order chi connectivity index (χ1) is 17.9. The zero-order valence-corrected chi connectivity index (χ0v) is 20.8. The van der Waals surface area contributed by atoms with Gasteiger partial charge in [0.1, 0.15) is 23.9 Å². The van der Waals surface area contributed by atoms with E-state index >= 15 is 0 Å². The van der Waals surface area contributed by atoms with E-state index in [0.29, 0.717) is 49.2 Å². The number of aromatic nitrogens is 3. The van der Waals surface area contributed by atoms with Gasteiger partial charge < -0.3 is 29.5 Å². The molecule has 0 bridgehead atoms. The number of carboxylic acids is 1. The molecular formula is C26H30FN5O5. The first-order valence-corrected chi connectivity index (χ1v) is 12.1. The standard InChI is InChI=1S/C26H30FN5O5/c1-3-35-22(23(33)34)16-17-4-10-20(11-5-17)36-15-14-32(2)25-29-24(28-19-8-9-19)30-26(31-25)37-21-12-6-18(27)7-13-21/h4-7,10-13,19,22H,3,8-9,14-16H2,1-2H3,(H,33,34)(H,28,29,30,31)/t22-/m0/s1. The molecule has 0 aliphatic heterocycles. The van der Waals surface area contributed by atoms with Gasteiger partial charge in [-0.3, -0.25) is 0 Å². The summed E-state index contributed by atoms with van der Waals surface area (Å²) < 4.78 is 30.1. The lowest BCUT2D eigenvalue weighted by Crippen LogP contribution is -2.26. The van der Waals surface area contributed by atoms with Crippen LogP contribution in [0.3, 0.4) is 0 Å². The maximum absolute atomic E-state index is 13.2. The third-order valence-electron chi connectivity index (χ3n) is 5.56. The zero-order valence-electron chi connectivity index (χ0n) is 20.8. The molecule has 1 fully saturated rings. The van der Waals surface area contributed by atoms with E-state index in [1.165, 1.54) is 24.3 Å². The third-order valence-corrected chi connectivity index (χ3v) is 5.56. The summed E-state index contributed by atoms with van der Waals surface area (Å²) in [5.41, 5.74) is 0.847. The Morgan fingerprint density at radius 1 is 1.11 bits per heavy atom. The summed E-state index contributed by atoms with van der Waals surface area (Å²) in [5.74, 6) is 0.563. The smallest absolute Gasteiger partial charge is 0.333 e. The normalized spacial score (nSPS) is 13.6. The van der Waals surface area contributed by atoms with Crippen molar-refractivity contribution in [1.82, 2.24) is 15.0 Å². The lowest BCUT2D eigenvalue weighted by atomic mass is 10.1. The van der Waals surface area contributed by atoms with Gasteiger partial charge in [-0.25, -0.2) is 9.18 Å². The van der Waals surface area contributed by atoms with Crippen LogP contribution in [0.5, 0.6) is 17.5 Å². The van der Waals surface area contributed by atoms with Crippen LogP contribution in [-0.4, -0.2) is 65.0 Å². The molecule has 37 heavy (non-hydrogen) atoms. The molecule has 1 aromatic heterocycles. The quantitative estimate of drug-likeness (QED) is 0.330. The van der Waals surface area contributed by atoms with Crippen molar-refractivity contribution in [1.29, 1.82) is 0 Å². The number of benzene rings is 2. The van der Waals surface area contributed by atoms with E-state index in [0.717, 1.165) is 18.4 Å². The molecule has 3 aromatic rings. The predicted molar refractivity (Wildman–Crippen MR) is 135 cm³/mol. The van der Waals surface area contributed by atoms with E-state index in [1.807, 2.05) is 24.1 Å². The van der Waals surface area contributed by atoms with Gasteiger partial charge in [0.05, 0.1) is 6.54 Å². The minimum Gasteiger partial charge on any atom is -0.492 e. The Morgan fingerprint density at radius 3 is 2.46 bits per heavy atom. The van der Waals surface area contributed by atoms with E-state index in [9.17, 15) is 14.3 Å². The second kappa shape index (κ2) is 12.3. The van der Waals surface area contributed by atoms with Gasteiger partial charge in [0.2, 0.25) is 11.9 Å². The van der Waals surface area contributed by atoms with Gasteiger partial charge in [-0.15, -0.1) is 0 Å². The van der Waals surface area contributed by atoms with Gasteiger partial charge in [-0.1, -0.05) is 12.1 Å². The van der Waals surface area contributed by atoms with Crippen molar-refractivity contribution in [2.24, 2.45) is 0 Å². The molecule has 4 rings (SSSR count). The lowest BCUT2D eigenvalue weighted by molar-refractivity contribution is -0.149. The molecule has 1 saturated carbocycles. The Morgan fingerprint density at radius 2 is 1.81 bits per heavy atom. The highest BCUT2D eigenvalue weighted by Gasteiger charge is 2.23. The number of nitrogens with zero attached hydrogens (tertiary/aromatic N) is 4. The minimum atomic E-state index is -0.981. The second-order valence-corrected chi connectivity index (χ2v) is 8.62. The molecule has 0 spiro atoms. The van der Waals surface area contributed by atoms with Crippen LogP contribution in [0.15, 0.2) is 48.5 Å². The number of rotatable bonds is 14. The molecule has 1 aliphatic carbocycles. The molecule has 196 valence electrons. The fraction of sp³-hybridized carbons (Fsp3) is 0.385. The number of hydrogen-bond donors (Lipinski definition) is 2. The number of carboxylic acid groups (broad SMARTS) is 1. The molecule has 0 saturated heterocycles. The highest BCUT2D eigenvalue weighted by molar-refractivity contribution is 5.72. The van der Waals surface area contributed by atoms with E-state index in [4.69, 9.17) is 14.2 Å². The highest BCUT2D eigenvalue weighted by atomic mass is 19.1. The fourth-order valence-electron chi connectivity index (χ4n) is 3.40. The van der Waals surface area contributed by atoms with Crippen LogP contribution >= 0.6 is 0 Å². The summed E-state index contributed by atoms with van der Waals surface area (Å²) in [4.78, 5) is 26.4. The van der Waals surface area contributed by atoms with Crippen molar-refractivity contribution in [2.45, 2.75) is 38.3 Å². The Hall–Kier alpha value is -3.99. The van der Waals surface area contributed by atoms with Gasteiger partial charge in [0.25, 0.3) is 0 Å². The number of nitrogens with one attached hydrogen (secondary N) is 1. The molecule has 2 aromatic carbocycles. The monoisotopic (exact) mass is 511 g/mol. The van der Waals surface area contributed by atoms with Crippen molar-refractivity contribution in [3.63, 3.8) is 0 Å². The molecule has 1 atom stereocenters. The van der Waals surface area contributed by atoms with E-state index in [2.05, 4.69) is 20.3 Å². The second-order valence-electron chi connectivity index (χ2n) is 8.62. The Balaban J connectivity index is 1.35. The van der Waals surface area contributed by atoms with Gasteiger partial charge in [0, 0.05) is 26.1 Å². The van der Waals surface area contributed by atoms with Crippen LogP contribution in [-0.2, 0) is 16.0 Å². The van der Waals surface area contributed by atoms with Crippen molar-refractivity contribution in [3.05, 3.63) is 59.9 Å². The average Bonchev–Trinajstić information content (AvgIpc) is 3.70. The lowest BCUT2D eigenvalue weighted by Gasteiger charge is -2.19. The Labute approximate surface area is 214 Å². The number of hydrogen-bond acceptors (Lipinski definition) is 9. The van der Waals surface area contributed by atoms with E-state index in [1.54, 1.807) is 19.1 Å². The molecule has 0 unspecified atom stereocenters. The number of halogens is 1. The zero-order chi connectivity index (χ0) is 26.2. The van der Waals surface area contributed by atoms with Crippen LogP contribution in [0, 0.1) is 5.82 Å². The molecular weight excluding hydrogens is 481 g/mol. The molecule has 1 aliphatic rings.